The van der Waals surface area contributed by atoms with Gasteiger partial charge in [-0.25, -0.2) is 4.39 Å². The molecule has 0 aliphatic carbocycles. The van der Waals surface area contributed by atoms with E-state index in [1.54, 1.807) is 23.9 Å². The second-order valence-electron chi connectivity index (χ2n) is 3.03. The zero-order valence-corrected chi connectivity index (χ0v) is 8.48. The van der Waals surface area contributed by atoms with E-state index in [4.69, 9.17) is 0 Å². The van der Waals surface area contributed by atoms with E-state index in [0.717, 1.165) is 29.6 Å². The van der Waals surface area contributed by atoms with E-state index >= 15 is 0 Å². The highest BCUT2D eigenvalue weighted by Gasteiger charge is 2.05. The molecule has 1 aliphatic rings. The van der Waals surface area contributed by atoms with Gasteiger partial charge in [-0.3, -0.25) is 4.99 Å². The van der Waals surface area contributed by atoms with Crippen molar-refractivity contribution in [2.24, 2.45) is 4.99 Å². The number of halogens is 1. The second kappa shape index (κ2) is 4.46. The third kappa shape index (κ3) is 2.48. The molecule has 0 aromatic heterocycles. The molecule has 1 aliphatic heterocycles. The summed E-state index contributed by atoms with van der Waals surface area (Å²) in [6.07, 6.45) is 0. The summed E-state index contributed by atoms with van der Waals surface area (Å²) in [7, 11) is 0. The SMILES string of the molecule is Fc1cccc(CSC2=NCCN2)c1. The number of nitrogens with one attached hydrogen (secondary N) is 1. The standard InChI is InChI=1S/C10H11FN2S/c11-9-3-1-2-8(6-9)7-14-10-12-4-5-13-10/h1-3,6H,4-5,7H2,(H,12,13). The third-order valence-corrected chi connectivity index (χ3v) is 2.93. The quantitative estimate of drug-likeness (QED) is 0.807. The lowest BCUT2D eigenvalue weighted by Crippen LogP contribution is -2.14. The van der Waals surface area contributed by atoms with Gasteiger partial charge >= 0.3 is 0 Å². The number of amidine groups is 1. The van der Waals surface area contributed by atoms with Crippen molar-refractivity contribution in [2.75, 3.05) is 13.1 Å². The van der Waals surface area contributed by atoms with Crippen molar-refractivity contribution in [3.05, 3.63) is 35.6 Å². The predicted octanol–water partition coefficient (Wildman–Crippen LogP) is 2.02. The Balaban J connectivity index is 1.91. The molecule has 0 saturated carbocycles. The first-order valence-electron chi connectivity index (χ1n) is 4.50. The number of hydrogen-bond acceptors (Lipinski definition) is 3. The summed E-state index contributed by atoms with van der Waals surface area (Å²) in [5.74, 6) is 0.591. The number of nitrogens with zero attached hydrogens (tertiary/aromatic N) is 1. The van der Waals surface area contributed by atoms with E-state index in [2.05, 4.69) is 10.3 Å². The monoisotopic (exact) mass is 210 g/mol. The van der Waals surface area contributed by atoms with Gasteiger partial charge in [0.25, 0.3) is 0 Å². The highest BCUT2D eigenvalue weighted by Crippen LogP contribution is 2.14. The molecular formula is C10H11FN2S. The van der Waals surface area contributed by atoms with Crippen LogP contribution in [-0.4, -0.2) is 18.3 Å². The fraction of sp³-hybridized carbons (Fsp3) is 0.300. The van der Waals surface area contributed by atoms with Crippen LogP contribution in [0.4, 0.5) is 4.39 Å². The van der Waals surface area contributed by atoms with Crippen molar-refractivity contribution in [3.63, 3.8) is 0 Å². The lowest BCUT2D eigenvalue weighted by molar-refractivity contribution is 0.626. The maximum atomic E-state index is 12.8. The number of thioether (sulfide) groups is 1. The number of rotatable bonds is 2. The minimum absolute atomic E-state index is 0.176. The van der Waals surface area contributed by atoms with Crippen LogP contribution in [0.2, 0.25) is 0 Å². The predicted molar refractivity (Wildman–Crippen MR) is 58.0 cm³/mol. The highest BCUT2D eigenvalue weighted by molar-refractivity contribution is 8.13. The second-order valence-corrected chi connectivity index (χ2v) is 4.00. The molecule has 1 aromatic carbocycles. The van der Waals surface area contributed by atoms with Crippen molar-refractivity contribution in [2.45, 2.75) is 5.75 Å². The third-order valence-electron chi connectivity index (χ3n) is 1.91. The Kier molecular flexibility index (Phi) is 3.03. The van der Waals surface area contributed by atoms with Gasteiger partial charge in [0.1, 0.15) is 5.82 Å². The summed E-state index contributed by atoms with van der Waals surface area (Å²) in [5, 5.41) is 4.13. The van der Waals surface area contributed by atoms with Gasteiger partial charge < -0.3 is 5.32 Å². The number of hydrogen-bond donors (Lipinski definition) is 1. The fourth-order valence-corrected chi connectivity index (χ4v) is 2.12. The van der Waals surface area contributed by atoms with Crippen LogP contribution in [0.1, 0.15) is 5.56 Å². The summed E-state index contributed by atoms with van der Waals surface area (Å²) < 4.78 is 12.8. The van der Waals surface area contributed by atoms with Gasteiger partial charge in [-0.2, -0.15) is 0 Å². The van der Waals surface area contributed by atoms with Crippen molar-refractivity contribution in [1.29, 1.82) is 0 Å². The smallest absolute Gasteiger partial charge is 0.157 e. The maximum Gasteiger partial charge on any atom is 0.157 e. The zero-order chi connectivity index (χ0) is 9.80. The Bertz CT molecular complexity index is 352. The van der Waals surface area contributed by atoms with E-state index in [0.29, 0.717) is 0 Å². The minimum Gasteiger partial charge on any atom is -0.363 e. The van der Waals surface area contributed by atoms with Crippen LogP contribution in [0.25, 0.3) is 0 Å². The Morgan fingerprint density at radius 1 is 1.50 bits per heavy atom. The molecule has 1 N–H and O–H groups in total. The molecule has 0 amide bonds. The topological polar surface area (TPSA) is 24.4 Å². The summed E-state index contributed by atoms with van der Waals surface area (Å²) in [5.41, 5.74) is 0.992. The van der Waals surface area contributed by atoms with Gasteiger partial charge in [-0.05, 0) is 17.7 Å². The molecule has 74 valence electrons. The van der Waals surface area contributed by atoms with Crippen molar-refractivity contribution in [1.82, 2.24) is 5.32 Å². The van der Waals surface area contributed by atoms with Crippen molar-refractivity contribution in [3.8, 4) is 0 Å². The molecule has 0 saturated heterocycles. The van der Waals surface area contributed by atoms with E-state index in [1.807, 2.05) is 6.07 Å². The van der Waals surface area contributed by atoms with Gasteiger partial charge in [0.2, 0.25) is 0 Å². The largest absolute Gasteiger partial charge is 0.363 e. The van der Waals surface area contributed by atoms with E-state index in [-0.39, 0.29) is 5.82 Å². The number of benzene rings is 1. The first-order chi connectivity index (χ1) is 6.84. The van der Waals surface area contributed by atoms with Crippen LogP contribution in [-0.2, 0) is 5.75 Å². The van der Waals surface area contributed by atoms with Crippen LogP contribution in [0.5, 0.6) is 0 Å². The van der Waals surface area contributed by atoms with Crippen LogP contribution in [0.15, 0.2) is 29.3 Å². The van der Waals surface area contributed by atoms with Gasteiger partial charge in [-0.1, -0.05) is 23.9 Å². The van der Waals surface area contributed by atoms with Crippen molar-refractivity contribution < 1.29 is 4.39 Å². The molecular weight excluding hydrogens is 199 g/mol. The van der Waals surface area contributed by atoms with E-state index in [1.165, 1.54) is 6.07 Å². The Morgan fingerprint density at radius 2 is 2.43 bits per heavy atom. The molecule has 2 rings (SSSR count). The summed E-state index contributed by atoms with van der Waals surface area (Å²) >= 11 is 1.62. The molecule has 2 nitrogen and oxygen atoms in total. The summed E-state index contributed by atoms with van der Waals surface area (Å²) in [4.78, 5) is 4.25. The molecule has 0 spiro atoms. The molecule has 4 heteroatoms. The van der Waals surface area contributed by atoms with Gasteiger partial charge in [0.15, 0.2) is 5.17 Å². The first kappa shape index (κ1) is 9.52. The highest BCUT2D eigenvalue weighted by atomic mass is 32.2. The van der Waals surface area contributed by atoms with E-state index in [9.17, 15) is 4.39 Å². The Hall–Kier alpha value is -1.03. The molecule has 0 atom stereocenters. The van der Waals surface area contributed by atoms with Crippen LogP contribution < -0.4 is 5.32 Å². The average molecular weight is 210 g/mol. The Labute approximate surface area is 86.6 Å². The molecule has 1 heterocycles. The zero-order valence-electron chi connectivity index (χ0n) is 7.66. The van der Waals surface area contributed by atoms with Crippen LogP contribution in [0.3, 0.4) is 0 Å². The molecule has 0 unspecified atom stereocenters. The molecule has 0 radical (unpaired) electrons. The van der Waals surface area contributed by atoms with Crippen molar-refractivity contribution >= 4 is 16.9 Å². The Morgan fingerprint density at radius 3 is 3.14 bits per heavy atom. The average Bonchev–Trinajstić information content (AvgIpc) is 2.67. The minimum atomic E-state index is -0.176. The van der Waals surface area contributed by atoms with Gasteiger partial charge in [-0.15, -0.1) is 0 Å². The summed E-state index contributed by atoms with van der Waals surface area (Å²) in [6.45, 7) is 1.77. The van der Waals surface area contributed by atoms with Gasteiger partial charge in [0, 0.05) is 12.3 Å². The van der Waals surface area contributed by atoms with E-state index < -0.39 is 0 Å². The van der Waals surface area contributed by atoms with Crippen LogP contribution >= 0.6 is 11.8 Å². The maximum absolute atomic E-state index is 12.8. The lowest BCUT2D eigenvalue weighted by Gasteiger charge is -2.01. The molecule has 0 fully saturated rings. The summed E-state index contributed by atoms with van der Waals surface area (Å²) in [6, 6.07) is 6.67. The molecule has 1 aromatic rings. The first-order valence-corrected chi connectivity index (χ1v) is 5.49. The van der Waals surface area contributed by atoms with Crippen LogP contribution in [0, 0.1) is 5.82 Å². The molecule has 14 heavy (non-hydrogen) atoms. The fourth-order valence-electron chi connectivity index (χ4n) is 1.25. The normalized spacial score (nSPS) is 15.1. The lowest BCUT2D eigenvalue weighted by atomic mass is 10.2. The van der Waals surface area contributed by atoms with Gasteiger partial charge in [0.05, 0.1) is 6.54 Å². The molecule has 0 bridgehead atoms. The number of aliphatic imine (C=N–C) groups is 1.